The summed E-state index contributed by atoms with van der Waals surface area (Å²) in [7, 11) is 3.70. The number of nitrogens with one attached hydrogen (secondary N) is 1. The Kier molecular flexibility index (Phi) is 7.85. The predicted octanol–water partition coefficient (Wildman–Crippen LogP) is 3.86. The monoisotopic (exact) mass is 489 g/mol. The summed E-state index contributed by atoms with van der Waals surface area (Å²) < 4.78 is 33.7. The molecular weight excluding hydrogens is 460 g/mol. The van der Waals surface area contributed by atoms with Crippen molar-refractivity contribution in [2.75, 3.05) is 33.7 Å². The van der Waals surface area contributed by atoms with Gasteiger partial charge in [0.25, 0.3) is 5.92 Å². The summed E-state index contributed by atoms with van der Waals surface area (Å²) in [6.07, 6.45) is -1.14. The first-order chi connectivity index (χ1) is 13.8. The smallest absolute Gasteiger partial charge is 0.408 e. The minimum absolute atomic E-state index is 0.0483. The highest BCUT2D eigenvalue weighted by Gasteiger charge is 2.44. The van der Waals surface area contributed by atoms with Crippen molar-refractivity contribution in [2.24, 2.45) is 0 Å². The number of likely N-dealkylation sites (N-methyl/N-ethyl adjacent to an activating group) is 1. The van der Waals surface area contributed by atoms with Gasteiger partial charge in [0, 0.05) is 29.9 Å². The number of amides is 2. The zero-order valence-corrected chi connectivity index (χ0v) is 19.6. The highest BCUT2D eigenvalue weighted by molar-refractivity contribution is 9.10. The van der Waals surface area contributed by atoms with Crippen molar-refractivity contribution in [2.45, 2.75) is 50.7 Å². The number of halogens is 3. The van der Waals surface area contributed by atoms with E-state index in [1.54, 1.807) is 20.8 Å². The number of nitrogens with zero attached hydrogens (tertiary/aromatic N) is 2. The van der Waals surface area contributed by atoms with Gasteiger partial charge in [-0.2, -0.15) is 0 Å². The van der Waals surface area contributed by atoms with Crippen molar-refractivity contribution in [1.29, 1.82) is 0 Å². The summed E-state index contributed by atoms with van der Waals surface area (Å²) in [6.45, 7) is 4.89. The lowest BCUT2D eigenvalue weighted by molar-refractivity contribution is -0.134. The Labute approximate surface area is 185 Å². The Morgan fingerprint density at radius 1 is 1.27 bits per heavy atom. The Morgan fingerprint density at radius 2 is 1.87 bits per heavy atom. The molecule has 0 bridgehead atoms. The predicted molar refractivity (Wildman–Crippen MR) is 115 cm³/mol. The van der Waals surface area contributed by atoms with Crippen LogP contribution in [0.4, 0.5) is 13.6 Å². The maximum Gasteiger partial charge on any atom is 0.408 e. The van der Waals surface area contributed by atoms with Gasteiger partial charge in [0.15, 0.2) is 0 Å². The van der Waals surface area contributed by atoms with Crippen molar-refractivity contribution < 1.29 is 23.1 Å². The van der Waals surface area contributed by atoms with Gasteiger partial charge < -0.3 is 19.9 Å². The Balaban J connectivity index is 2.38. The Hall–Kier alpha value is -1.74. The molecule has 6 nitrogen and oxygen atoms in total. The van der Waals surface area contributed by atoms with Crippen LogP contribution in [0.5, 0.6) is 0 Å². The Morgan fingerprint density at radius 3 is 2.33 bits per heavy atom. The van der Waals surface area contributed by atoms with Crippen LogP contribution >= 0.6 is 15.9 Å². The summed E-state index contributed by atoms with van der Waals surface area (Å²) in [6, 6.07) is 6.35. The molecular formula is C21H30BrF2N3O3. The van der Waals surface area contributed by atoms with Gasteiger partial charge in [-0.25, -0.2) is 13.6 Å². The number of alkyl halides is 2. The zero-order valence-electron chi connectivity index (χ0n) is 18.0. The number of hydrogen-bond acceptors (Lipinski definition) is 4. The van der Waals surface area contributed by atoms with Crippen LogP contribution in [0.1, 0.15) is 38.7 Å². The van der Waals surface area contributed by atoms with Crippen molar-refractivity contribution in [3.63, 3.8) is 0 Å². The van der Waals surface area contributed by atoms with Gasteiger partial charge in [-0.1, -0.05) is 28.1 Å². The second-order valence-electron chi connectivity index (χ2n) is 8.91. The third-order valence-corrected chi connectivity index (χ3v) is 5.21. The first-order valence-electron chi connectivity index (χ1n) is 9.84. The van der Waals surface area contributed by atoms with E-state index >= 15 is 0 Å². The molecule has 2 amide bonds. The second-order valence-corrected chi connectivity index (χ2v) is 9.83. The molecule has 1 fully saturated rings. The van der Waals surface area contributed by atoms with Gasteiger partial charge >= 0.3 is 6.09 Å². The van der Waals surface area contributed by atoms with E-state index < -0.39 is 42.0 Å². The molecule has 1 N–H and O–H groups in total. The molecule has 1 heterocycles. The number of ether oxygens (including phenoxy) is 1. The first-order valence-corrected chi connectivity index (χ1v) is 10.6. The first kappa shape index (κ1) is 24.5. The number of carbonyl (C=O) groups excluding carboxylic acids is 2. The Bertz CT molecular complexity index is 751. The van der Waals surface area contributed by atoms with E-state index in [1.807, 2.05) is 43.3 Å². The van der Waals surface area contributed by atoms with Gasteiger partial charge in [-0.05, 0) is 52.6 Å². The molecule has 0 aromatic heterocycles. The van der Waals surface area contributed by atoms with Crippen LogP contribution in [0, 0.1) is 0 Å². The zero-order chi connectivity index (χ0) is 22.7. The lowest BCUT2D eigenvalue weighted by Gasteiger charge is -2.33. The molecule has 0 spiro atoms. The van der Waals surface area contributed by atoms with Gasteiger partial charge in [-0.3, -0.25) is 4.79 Å². The minimum atomic E-state index is -2.92. The standard InChI is InChI=1S/C21H30BrF2N3O3/c1-20(2,3)30-19(29)25-17(18(28)27-11-10-21(23,24)13-27)16(12-26(4)5)14-6-8-15(22)9-7-14/h6-9,16-17H,10-13H2,1-5H3,(H,25,29)/t16-,17+/m1/s1. The van der Waals surface area contributed by atoms with E-state index in [0.717, 1.165) is 14.9 Å². The van der Waals surface area contributed by atoms with E-state index in [-0.39, 0.29) is 13.0 Å². The fourth-order valence-electron chi connectivity index (χ4n) is 3.40. The molecule has 2 atom stereocenters. The molecule has 1 aromatic carbocycles. The van der Waals surface area contributed by atoms with Crippen molar-refractivity contribution in [1.82, 2.24) is 15.1 Å². The summed E-state index contributed by atoms with van der Waals surface area (Å²) in [5, 5.41) is 2.66. The SMILES string of the molecule is CN(C)C[C@H](c1ccc(Br)cc1)[C@H](NC(=O)OC(C)(C)C)C(=O)N1CCC(F)(F)C1. The molecule has 1 aliphatic rings. The summed E-state index contributed by atoms with van der Waals surface area (Å²) in [5.74, 6) is -3.91. The molecule has 1 aromatic rings. The molecule has 30 heavy (non-hydrogen) atoms. The molecule has 0 radical (unpaired) electrons. The average Bonchev–Trinajstić information content (AvgIpc) is 2.96. The van der Waals surface area contributed by atoms with Crippen LogP contribution in [0.15, 0.2) is 28.7 Å². The number of likely N-dealkylation sites (tertiary alicyclic amines) is 1. The molecule has 0 saturated carbocycles. The average molecular weight is 490 g/mol. The van der Waals surface area contributed by atoms with Crippen LogP contribution in [0.2, 0.25) is 0 Å². The van der Waals surface area contributed by atoms with Gasteiger partial charge in [-0.15, -0.1) is 0 Å². The number of benzene rings is 1. The van der Waals surface area contributed by atoms with Gasteiger partial charge in [0.2, 0.25) is 5.91 Å². The van der Waals surface area contributed by atoms with Crippen molar-refractivity contribution >= 4 is 27.9 Å². The number of hydrogen-bond donors (Lipinski definition) is 1. The molecule has 0 unspecified atom stereocenters. The largest absolute Gasteiger partial charge is 0.444 e. The normalized spacial score (nSPS) is 18.2. The third kappa shape index (κ3) is 7.19. The lowest BCUT2D eigenvalue weighted by Crippen LogP contribution is -2.53. The van der Waals surface area contributed by atoms with Crippen LogP contribution in [-0.4, -0.2) is 73.1 Å². The number of alkyl carbamates (subject to hydrolysis) is 1. The van der Waals surface area contributed by atoms with Crippen LogP contribution < -0.4 is 5.32 Å². The van der Waals surface area contributed by atoms with Gasteiger partial charge in [0.05, 0.1) is 6.54 Å². The fourth-order valence-corrected chi connectivity index (χ4v) is 3.66. The molecule has 1 aliphatic heterocycles. The topological polar surface area (TPSA) is 61.9 Å². The summed E-state index contributed by atoms with van der Waals surface area (Å²) in [5.41, 5.74) is 0.0554. The van der Waals surface area contributed by atoms with E-state index in [0.29, 0.717) is 6.54 Å². The van der Waals surface area contributed by atoms with Crippen LogP contribution in [0.25, 0.3) is 0 Å². The summed E-state index contributed by atoms with van der Waals surface area (Å²) >= 11 is 3.39. The molecule has 0 aliphatic carbocycles. The van der Waals surface area contributed by atoms with E-state index in [9.17, 15) is 18.4 Å². The molecule has 2 rings (SSSR count). The third-order valence-electron chi connectivity index (χ3n) is 4.68. The van der Waals surface area contributed by atoms with Crippen molar-refractivity contribution in [3.05, 3.63) is 34.3 Å². The number of rotatable bonds is 6. The van der Waals surface area contributed by atoms with Crippen molar-refractivity contribution in [3.8, 4) is 0 Å². The van der Waals surface area contributed by atoms with Crippen LogP contribution in [-0.2, 0) is 9.53 Å². The van der Waals surface area contributed by atoms with Gasteiger partial charge in [0.1, 0.15) is 11.6 Å². The van der Waals surface area contributed by atoms with E-state index in [4.69, 9.17) is 4.74 Å². The molecule has 1 saturated heterocycles. The highest BCUT2D eigenvalue weighted by Crippen LogP contribution is 2.30. The maximum absolute atomic E-state index is 13.8. The minimum Gasteiger partial charge on any atom is -0.444 e. The number of carbonyl (C=O) groups is 2. The van der Waals surface area contributed by atoms with Crippen LogP contribution in [0.3, 0.4) is 0 Å². The lowest BCUT2D eigenvalue weighted by atomic mass is 9.90. The highest BCUT2D eigenvalue weighted by atomic mass is 79.9. The second kappa shape index (κ2) is 9.60. The fraction of sp³-hybridized carbons (Fsp3) is 0.619. The molecule has 168 valence electrons. The molecule has 9 heteroatoms. The maximum atomic E-state index is 13.8. The van der Waals surface area contributed by atoms with E-state index in [2.05, 4.69) is 21.2 Å². The van der Waals surface area contributed by atoms with E-state index in [1.165, 1.54) is 0 Å². The summed E-state index contributed by atoms with van der Waals surface area (Å²) in [4.78, 5) is 28.8. The quantitative estimate of drug-likeness (QED) is 0.658.